The summed E-state index contributed by atoms with van der Waals surface area (Å²) in [6, 6.07) is 10.4. The van der Waals surface area contributed by atoms with Gasteiger partial charge in [-0.2, -0.15) is 5.26 Å². The molecule has 6 rings (SSSR count). The van der Waals surface area contributed by atoms with Gasteiger partial charge in [-0.3, -0.25) is 4.79 Å². The highest BCUT2D eigenvalue weighted by Gasteiger charge is 2.41. The molecule has 6 heteroatoms. The number of hydrogen-bond acceptors (Lipinski definition) is 5. The fraction of sp³-hybridized carbons (Fsp3) is 0.391. The summed E-state index contributed by atoms with van der Waals surface area (Å²) in [5.74, 6) is 1.54. The summed E-state index contributed by atoms with van der Waals surface area (Å²) in [7, 11) is 0. The molecule has 0 saturated carbocycles. The van der Waals surface area contributed by atoms with E-state index in [4.69, 9.17) is 0 Å². The fourth-order valence-electron chi connectivity index (χ4n) is 5.50. The van der Waals surface area contributed by atoms with Gasteiger partial charge >= 0.3 is 0 Å². The average molecular weight is 403 g/mol. The highest BCUT2D eigenvalue weighted by atomic mass is 32.1. The zero-order valence-corrected chi connectivity index (χ0v) is 17.3. The van der Waals surface area contributed by atoms with Crippen molar-refractivity contribution in [1.82, 2.24) is 10.3 Å². The first-order valence-corrected chi connectivity index (χ1v) is 11.0. The molecule has 0 unspecified atom stereocenters. The molecule has 2 atom stereocenters. The molecule has 3 aliphatic rings. The highest BCUT2D eigenvalue weighted by Crippen LogP contribution is 2.46. The van der Waals surface area contributed by atoms with Crippen molar-refractivity contribution in [3.05, 3.63) is 51.5 Å². The summed E-state index contributed by atoms with van der Waals surface area (Å²) < 4.78 is 0.907. The standard InChI is InChI=1S/C23H22N4OS/c1-23(2)17-5-14(27-10-12-8-25-9-13(12)11-27)3-4-16(17)20(28)19-21-18(26-22(19)23)6-15(7-24)29-21/h3-6,12-13,25-26H,8-11H2,1-2H3/t12-,13+. The maximum Gasteiger partial charge on any atom is 0.196 e. The molecule has 29 heavy (non-hydrogen) atoms. The summed E-state index contributed by atoms with van der Waals surface area (Å²) in [5, 5.41) is 12.7. The molecular weight excluding hydrogens is 380 g/mol. The van der Waals surface area contributed by atoms with Crippen molar-refractivity contribution in [3.8, 4) is 6.07 Å². The number of H-pyrrole nitrogens is 1. The molecule has 0 radical (unpaired) electrons. The minimum Gasteiger partial charge on any atom is -0.371 e. The largest absolute Gasteiger partial charge is 0.371 e. The van der Waals surface area contributed by atoms with Crippen molar-refractivity contribution < 1.29 is 4.79 Å². The minimum absolute atomic E-state index is 0.0703. The summed E-state index contributed by atoms with van der Waals surface area (Å²) in [6.45, 7) is 8.78. The molecule has 4 heterocycles. The SMILES string of the molecule is CC1(C)c2cc(N3C[C@H]4CNC[C@H]4C3)ccc2C(=O)c2c1[nH]c1cc(C#N)sc21. The van der Waals surface area contributed by atoms with E-state index in [-0.39, 0.29) is 11.2 Å². The number of thiophene rings is 1. The van der Waals surface area contributed by atoms with Crippen molar-refractivity contribution in [2.75, 3.05) is 31.1 Å². The number of fused-ring (bicyclic) bond motifs is 5. The molecule has 2 N–H and O–H groups in total. The van der Waals surface area contributed by atoms with Gasteiger partial charge in [-0.1, -0.05) is 13.8 Å². The number of aromatic nitrogens is 1. The lowest BCUT2D eigenvalue weighted by atomic mass is 9.71. The number of rotatable bonds is 1. The van der Waals surface area contributed by atoms with E-state index in [9.17, 15) is 10.1 Å². The Kier molecular flexibility index (Phi) is 3.40. The van der Waals surface area contributed by atoms with Gasteiger partial charge in [0.1, 0.15) is 10.9 Å². The average Bonchev–Trinajstić information content (AvgIpc) is 3.44. The molecule has 1 aliphatic carbocycles. The molecule has 2 aromatic heterocycles. The van der Waals surface area contributed by atoms with Crippen LogP contribution < -0.4 is 10.2 Å². The molecule has 0 amide bonds. The number of nitriles is 1. The van der Waals surface area contributed by atoms with Gasteiger partial charge in [-0.05, 0) is 41.7 Å². The maximum absolute atomic E-state index is 13.4. The number of ketones is 1. The van der Waals surface area contributed by atoms with Crippen LogP contribution in [-0.4, -0.2) is 36.9 Å². The van der Waals surface area contributed by atoms with Gasteiger partial charge in [0.25, 0.3) is 0 Å². The zero-order chi connectivity index (χ0) is 19.9. The highest BCUT2D eigenvalue weighted by molar-refractivity contribution is 7.20. The first kappa shape index (κ1) is 17.3. The van der Waals surface area contributed by atoms with Gasteiger partial charge < -0.3 is 15.2 Å². The first-order valence-electron chi connectivity index (χ1n) is 10.2. The molecule has 146 valence electrons. The Hall–Kier alpha value is -2.62. The third kappa shape index (κ3) is 2.26. The Morgan fingerprint density at radius 1 is 1.21 bits per heavy atom. The van der Waals surface area contributed by atoms with E-state index in [1.807, 2.05) is 12.1 Å². The van der Waals surface area contributed by atoms with Crippen molar-refractivity contribution in [3.63, 3.8) is 0 Å². The number of carbonyl (C=O) groups excluding carboxylic acids is 1. The molecule has 2 fully saturated rings. The second-order valence-electron chi connectivity index (χ2n) is 9.11. The van der Waals surface area contributed by atoms with Crippen LogP contribution in [0.1, 0.15) is 45.9 Å². The first-order chi connectivity index (χ1) is 14.0. The number of nitrogens with zero attached hydrogens (tertiary/aromatic N) is 2. The Morgan fingerprint density at radius 2 is 1.97 bits per heavy atom. The van der Waals surface area contributed by atoms with Crippen LogP contribution in [0.25, 0.3) is 10.2 Å². The van der Waals surface area contributed by atoms with E-state index < -0.39 is 0 Å². The summed E-state index contributed by atoms with van der Waals surface area (Å²) in [5.41, 5.74) is 5.43. The Balaban J connectivity index is 1.46. The molecule has 2 saturated heterocycles. The van der Waals surface area contributed by atoms with Crippen LogP contribution >= 0.6 is 11.3 Å². The van der Waals surface area contributed by atoms with Crippen LogP contribution in [0, 0.1) is 23.2 Å². The van der Waals surface area contributed by atoms with Crippen molar-refractivity contribution >= 4 is 33.0 Å². The van der Waals surface area contributed by atoms with Crippen LogP contribution in [0.2, 0.25) is 0 Å². The Bertz CT molecular complexity index is 1220. The third-order valence-electron chi connectivity index (χ3n) is 7.11. The van der Waals surface area contributed by atoms with E-state index in [0.717, 1.165) is 70.6 Å². The number of nitrogens with one attached hydrogen (secondary N) is 2. The zero-order valence-electron chi connectivity index (χ0n) is 16.5. The predicted molar refractivity (Wildman–Crippen MR) is 115 cm³/mol. The Labute approximate surface area is 173 Å². The van der Waals surface area contributed by atoms with Crippen LogP contribution in [0.15, 0.2) is 24.3 Å². The maximum atomic E-state index is 13.4. The fourth-order valence-corrected chi connectivity index (χ4v) is 6.46. The van der Waals surface area contributed by atoms with E-state index in [1.165, 1.54) is 17.0 Å². The molecule has 5 nitrogen and oxygen atoms in total. The van der Waals surface area contributed by atoms with Crippen LogP contribution in [0.5, 0.6) is 0 Å². The second kappa shape index (κ2) is 5.71. The van der Waals surface area contributed by atoms with Gasteiger partial charge in [-0.25, -0.2) is 0 Å². The minimum atomic E-state index is -0.294. The lowest BCUT2D eigenvalue weighted by Crippen LogP contribution is -2.31. The molecule has 0 spiro atoms. The predicted octanol–water partition coefficient (Wildman–Crippen LogP) is 3.63. The smallest absolute Gasteiger partial charge is 0.196 e. The van der Waals surface area contributed by atoms with Crippen LogP contribution in [0.3, 0.4) is 0 Å². The Morgan fingerprint density at radius 3 is 2.69 bits per heavy atom. The van der Waals surface area contributed by atoms with Gasteiger partial charge in [0.2, 0.25) is 0 Å². The van der Waals surface area contributed by atoms with Crippen molar-refractivity contribution in [2.45, 2.75) is 19.3 Å². The van der Waals surface area contributed by atoms with Crippen molar-refractivity contribution in [2.24, 2.45) is 11.8 Å². The van der Waals surface area contributed by atoms with Crippen LogP contribution in [-0.2, 0) is 5.41 Å². The van der Waals surface area contributed by atoms with E-state index >= 15 is 0 Å². The normalized spacial score (nSPS) is 24.4. The lowest BCUT2D eigenvalue weighted by molar-refractivity contribution is 0.103. The summed E-state index contributed by atoms with van der Waals surface area (Å²) in [4.78, 5) is 20.0. The van der Waals surface area contributed by atoms with Gasteiger partial charge in [0, 0.05) is 48.5 Å². The van der Waals surface area contributed by atoms with E-state index in [0.29, 0.717) is 4.88 Å². The van der Waals surface area contributed by atoms with E-state index in [2.05, 4.69) is 47.3 Å². The summed E-state index contributed by atoms with van der Waals surface area (Å²) in [6.07, 6.45) is 0. The molecule has 0 bridgehead atoms. The van der Waals surface area contributed by atoms with E-state index in [1.54, 1.807) is 0 Å². The lowest BCUT2D eigenvalue weighted by Gasteiger charge is -2.33. The molecule has 1 aromatic carbocycles. The molecule has 2 aliphatic heterocycles. The number of carbonyl (C=O) groups is 1. The number of benzene rings is 1. The topological polar surface area (TPSA) is 71.9 Å². The number of aromatic amines is 1. The van der Waals surface area contributed by atoms with Gasteiger partial charge in [-0.15, -0.1) is 11.3 Å². The second-order valence-corrected chi connectivity index (χ2v) is 10.2. The number of hydrogen-bond donors (Lipinski definition) is 2. The van der Waals surface area contributed by atoms with Crippen molar-refractivity contribution in [1.29, 1.82) is 5.26 Å². The monoisotopic (exact) mass is 402 g/mol. The van der Waals surface area contributed by atoms with Gasteiger partial charge in [0.15, 0.2) is 5.78 Å². The summed E-state index contributed by atoms with van der Waals surface area (Å²) >= 11 is 1.40. The molecular formula is C23H22N4OS. The van der Waals surface area contributed by atoms with Crippen LogP contribution in [0.4, 0.5) is 5.69 Å². The molecule has 3 aromatic rings. The third-order valence-corrected chi connectivity index (χ3v) is 8.16. The quantitative estimate of drug-likeness (QED) is 0.652. The number of anilines is 1. The van der Waals surface area contributed by atoms with Gasteiger partial charge in [0.05, 0.1) is 15.8 Å².